The molecule has 1 aromatic rings. The first-order valence-corrected chi connectivity index (χ1v) is 8.25. The van der Waals surface area contributed by atoms with Gasteiger partial charge in [0.25, 0.3) is 0 Å². The van der Waals surface area contributed by atoms with Crippen LogP contribution in [0.25, 0.3) is 0 Å². The lowest BCUT2D eigenvalue weighted by molar-refractivity contribution is -0.132. The maximum atomic E-state index is 12.2. The molecule has 0 amide bonds. The van der Waals surface area contributed by atoms with Gasteiger partial charge in [-0.05, 0) is 37.5 Å². The molecule has 0 saturated heterocycles. The molecule has 4 nitrogen and oxygen atoms in total. The lowest BCUT2D eigenvalue weighted by Crippen LogP contribution is -2.38. The summed E-state index contributed by atoms with van der Waals surface area (Å²) in [4.78, 5) is 3.94. The van der Waals surface area contributed by atoms with Crippen molar-refractivity contribution >= 4 is 5.96 Å². The van der Waals surface area contributed by atoms with Crippen molar-refractivity contribution in [1.29, 1.82) is 0 Å². The topological polar surface area (TPSA) is 45.6 Å². The van der Waals surface area contributed by atoms with E-state index in [9.17, 15) is 13.2 Å². The average Bonchev–Trinajstić information content (AvgIpc) is 2.52. The molecule has 0 aliphatic heterocycles. The SMILES string of the molecule is CCCOc1cccc(CCNC(=NCCC(F)(F)F)NCC)c1. The summed E-state index contributed by atoms with van der Waals surface area (Å²) in [6, 6.07) is 7.82. The zero-order chi connectivity index (χ0) is 17.8. The Hall–Kier alpha value is -1.92. The fourth-order valence-electron chi connectivity index (χ4n) is 1.97. The first-order valence-electron chi connectivity index (χ1n) is 8.25. The third-order valence-electron chi connectivity index (χ3n) is 3.09. The van der Waals surface area contributed by atoms with Crippen molar-refractivity contribution in [3.63, 3.8) is 0 Å². The molecule has 0 saturated carbocycles. The summed E-state index contributed by atoms with van der Waals surface area (Å²) in [5.41, 5.74) is 1.10. The van der Waals surface area contributed by atoms with Gasteiger partial charge in [-0.2, -0.15) is 13.2 Å². The van der Waals surface area contributed by atoms with E-state index < -0.39 is 12.6 Å². The van der Waals surface area contributed by atoms with Crippen LogP contribution in [-0.4, -0.2) is 38.4 Å². The second-order valence-electron chi connectivity index (χ2n) is 5.30. The lowest BCUT2D eigenvalue weighted by atomic mass is 10.1. The predicted octanol–water partition coefficient (Wildman–Crippen LogP) is 3.53. The molecule has 0 unspecified atom stereocenters. The summed E-state index contributed by atoms with van der Waals surface area (Å²) in [6.07, 6.45) is -3.42. The van der Waals surface area contributed by atoms with Crippen LogP contribution in [0.3, 0.4) is 0 Å². The predicted molar refractivity (Wildman–Crippen MR) is 90.6 cm³/mol. The van der Waals surface area contributed by atoms with Crippen LogP contribution in [0.2, 0.25) is 0 Å². The molecule has 2 N–H and O–H groups in total. The molecular weight excluding hydrogens is 319 g/mol. The Kier molecular flexibility index (Phi) is 9.04. The number of rotatable bonds is 9. The summed E-state index contributed by atoms with van der Waals surface area (Å²) >= 11 is 0. The first-order chi connectivity index (χ1) is 11.4. The number of halogens is 3. The van der Waals surface area contributed by atoms with Gasteiger partial charge in [-0.1, -0.05) is 19.1 Å². The molecule has 0 spiro atoms. The number of nitrogens with one attached hydrogen (secondary N) is 2. The average molecular weight is 345 g/mol. The number of nitrogens with zero attached hydrogens (tertiary/aromatic N) is 1. The highest BCUT2D eigenvalue weighted by Crippen LogP contribution is 2.18. The number of aliphatic imine (C=N–C) groups is 1. The van der Waals surface area contributed by atoms with Crippen LogP contribution in [0.15, 0.2) is 29.3 Å². The number of ether oxygens (including phenoxy) is 1. The highest BCUT2D eigenvalue weighted by molar-refractivity contribution is 5.79. The van der Waals surface area contributed by atoms with E-state index in [4.69, 9.17) is 4.74 Å². The summed E-state index contributed by atoms with van der Waals surface area (Å²) in [5.74, 6) is 1.24. The zero-order valence-electron chi connectivity index (χ0n) is 14.2. The normalized spacial score (nSPS) is 12.1. The Labute approximate surface area is 141 Å². The second kappa shape index (κ2) is 10.8. The Morgan fingerprint density at radius 3 is 2.67 bits per heavy atom. The fourth-order valence-corrected chi connectivity index (χ4v) is 1.97. The van der Waals surface area contributed by atoms with E-state index in [1.807, 2.05) is 38.1 Å². The molecule has 0 aliphatic rings. The number of hydrogen-bond acceptors (Lipinski definition) is 2. The first kappa shape index (κ1) is 20.1. The molecule has 1 rings (SSSR count). The molecule has 0 heterocycles. The number of alkyl halides is 3. The Bertz CT molecular complexity index is 504. The Morgan fingerprint density at radius 1 is 1.21 bits per heavy atom. The van der Waals surface area contributed by atoms with Crippen molar-refractivity contribution < 1.29 is 17.9 Å². The Morgan fingerprint density at radius 2 is 2.00 bits per heavy atom. The van der Waals surface area contributed by atoms with E-state index in [1.54, 1.807) is 0 Å². The van der Waals surface area contributed by atoms with E-state index in [-0.39, 0.29) is 6.54 Å². The van der Waals surface area contributed by atoms with Gasteiger partial charge in [0.05, 0.1) is 19.6 Å². The van der Waals surface area contributed by atoms with Gasteiger partial charge in [-0.25, -0.2) is 0 Å². The molecule has 1 aromatic carbocycles. The van der Waals surface area contributed by atoms with E-state index in [0.717, 1.165) is 24.2 Å². The van der Waals surface area contributed by atoms with E-state index >= 15 is 0 Å². The van der Waals surface area contributed by atoms with Crippen molar-refractivity contribution in [3.8, 4) is 5.75 Å². The van der Waals surface area contributed by atoms with Gasteiger partial charge in [-0.15, -0.1) is 0 Å². The van der Waals surface area contributed by atoms with Crippen molar-refractivity contribution in [1.82, 2.24) is 10.6 Å². The van der Waals surface area contributed by atoms with Gasteiger partial charge in [0, 0.05) is 13.1 Å². The molecule has 0 radical (unpaired) electrons. The van der Waals surface area contributed by atoms with Crippen LogP contribution in [0, 0.1) is 0 Å². The zero-order valence-corrected chi connectivity index (χ0v) is 14.2. The monoisotopic (exact) mass is 345 g/mol. The minimum Gasteiger partial charge on any atom is -0.494 e. The fraction of sp³-hybridized carbons (Fsp3) is 0.588. The van der Waals surface area contributed by atoms with Crippen molar-refractivity contribution in [2.24, 2.45) is 4.99 Å². The smallest absolute Gasteiger partial charge is 0.390 e. The van der Waals surface area contributed by atoms with E-state index in [0.29, 0.717) is 25.7 Å². The molecule has 7 heteroatoms. The standard InChI is InChI=1S/C17H26F3N3O/c1-3-12-24-15-7-5-6-14(13-15)8-10-22-16(21-4-2)23-11-9-17(18,19)20/h5-7,13H,3-4,8-12H2,1-2H3,(H2,21,22,23). The van der Waals surface area contributed by atoms with E-state index in [2.05, 4.69) is 15.6 Å². The highest BCUT2D eigenvalue weighted by atomic mass is 19.4. The molecule has 0 aromatic heterocycles. The number of benzene rings is 1. The van der Waals surface area contributed by atoms with E-state index in [1.165, 1.54) is 0 Å². The summed E-state index contributed by atoms with van der Waals surface area (Å²) < 4.78 is 42.1. The number of hydrogen-bond donors (Lipinski definition) is 2. The van der Waals surface area contributed by atoms with Crippen LogP contribution in [-0.2, 0) is 6.42 Å². The van der Waals surface area contributed by atoms with Crippen molar-refractivity contribution in [2.75, 3.05) is 26.2 Å². The van der Waals surface area contributed by atoms with Crippen LogP contribution in [0.4, 0.5) is 13.2 Å². The molecule has 0 aliphatic carbocycles. The molecule has 0 fully saturated rings. The molecular formula is C17H26F3N3O. The van der Waals surface area contributed by atoms with Crippen LogP contribution in [0.1, 0.15) is 32.3 Å². The minimum absolute atomic E-state index is 0.279. The van der Waals surface area contributed by atoms with Crippen molar-refractivity contribution in [2.45, 2.75) is 39.3 Å². The molecule has 24 heavy (non-hydrogen) atoms. The third kappa shape index (κ3) is 9.27. The Balaban J connectivity index is 2.45. The van der Waals surface area contributed by atoms with Gasteiger partial charge in [0.2, 0.25) is 0 Å². The largest absolute Gasteiger partial charge is 0.494 e. The van der Waals surface area contributed by atoms with Crippen LogP contribution < -0.4 is 15.4 Å². The number of guanidine groups is 1. The minimum atomic E-state index is -4.18. The summed E-state index contributed by atoms with van der Waals surface area (Å²) in [6.45, 7) is 5.49. The summed E-state index contributed by atoms with van der Waals surface area (Å²) in [7, 11) is 0. The maximum Gasteiger partial charge on any atom is 0.390 e. The maximum absolute atomic E-state index is 12.2. The second-order valence-corrected chi connectivity index (χ2v) is 5.30. The molecule has 0 bridgehead atoms. The quantitative estimate of drug-likeness (QED) is 0.532. The van der Waals surface area contributed by atoms with Crippen LogP contribution >= 0.6 is 0 Å². The van der Waals surface area contributed by atoms with Gasteiger partial charge in [0.15, 0.2) is 5.96 Å². The highest BCUT2D eigenvalue weighted by Gasteiger charge is 2.26. The lowest BCUT2D eigenvalue weighted by Gasteiger charge is -2.12. The van der Waals surface area contributed by atoms with Gasteiger partial charge < -0.3 is 15.4 Å². The summed E-state index contributed by atoms with van der Waals surface area (Å²) in [5, 5.41) is 5.99. The molecule has 0 atom stereocenters. The van der Waals surface area contributed by atoms with Crippen LogP contribution in [0.5, 0.6) is 5.75 Å². The third-order valence-corrected chi connectivity index (χ3v) is 3.09. The van der Waals surface area contributed by atoms with Gasteiger partial charge >= 0.3 is 6.18 Å². The van der Waals surface area contributed by atoms with Crippen molar-refractivity contribution in [3.05, 3.63) is 29.8 Å². The van der Waals surface area contributed by atoms with Gasteiger partial charge in [-0.3, -0.25) is 4.99 Å². The van der Waals surface area contributed by atoms with Gasteiger partial charge in [0.1, 0.15) is 5.75 Å². The molecule has 136 valence electrons.